The lowest BCUT2D eigenvalue weighted by Crippen LogP contribution is -2.06. The van der Waals surface area contributed by atoms with E-state index in [1.807, 2.05) is 37.4 Å². The number of nitrogens with one attached hydrogen (secondary N) is 1. The predicted molar refractivity (Wildman–Crippen MR) is 80.7 cm³/mol. The molecule has 0 aliphatic heterocycles. The maximum absolute atomic E-state index is 13.7. The first-order valence-corrected chi connectivity index (χ1v) is 6.85. The Labute approximate surface area is 124 Å². The van der Waals surface area contributed by atoms with Gasteiger partial charge < -0.3 is 14.8 Å². The summed E-state index contributed by atoms with van der Waals surface area (Å²) in [6.45, 7) is 1.39. The number of halogens is 1. The van der Waals surface area contributed by atoms with E-state index in [9.17, 15) is 4.39 Å². The van der Waals surface area contributed by atoms with Gasteiger partial charge in [0.2, 0.25) is 0 Å². The van der Waals surface area contributed by atoms with E-state index in [1.54, 1.807) is 13.2 Å². The van der Waals surface area contributed by atoms with Crippen molar-refractivity contribution in [1.82, 2.24) is 5.32 Å². The van der Waals surface area contributed by atoms with Gasteiger partial charge in [0.15, 0.2) is 0 Å². The highest BCUT2D eigenvalue weighted by Gasteiger charge is 2.04. The highest BCUT2D eigenvalue weighted by atomic mass is 19.1. The standard InChI is InChI=1S/C17H20FNO2/c1-19-10-13-6-7-17(18)15(8-13)12-21-11-14-4-3-5-16(9-14)20-2/h3-9,19H,10-12H2,1-2H3. The highest BCUT2D eigenvalue weighted by molar-refractivity contribution is 5.28. The van der Waals surface area contributed by atoms with E-state index in [0.29, 0.717) is 18.7 Å². The van der Waals surface area contributed by atoms with Gasteiger partial charge in [-0.3, -0.25) is 0 Å². The quantitative estimate of drug-likeness (QED) is 0.848. The summed E-state index contributed by atoms with van der Waals surface area (Å²) in [4.78, 5) is 0. The van der Waals surface area contributed by atoms with Crippen LogP contribution >= 0.6 is 0 Å². The van der Waals surface area contributed by atoms with E-state index < -0.39 is 0 Å². The van der Waals surface area contributed by atoms with Gasteiger partial charge in [0, 0.05) is 12.1 Å². The summed E-state index contributed by atoms with van der Waals surface area (Å²) in [6, 6.07) is 12.7. The van der Waals surface area contributed by atoms with Gasteiger partial charge in [0.05, 0.1) is 20.3 Å². The lowest BCUT2D eigenvalue weighted by atomic mass is 10.1. The number of ether oxygens (including phenoxy) is 2. The van der Waals surface area contributed by atoms with Crippen molar-refractivity contribution in [3.63, 3.8) is 0 Å². The summed E-state index contributed by atoms with van der Waals surface area (Å²) in [5, 5.41) is 3.05. The van der Waals surface area contributed by atoms with Crippen LogP contribution < -0.4 is 10.1 Å². The fourth-order valence-electron chi connectivity index (χ4n) is 2.09. The molecule has 0 spiro atoms. The van der Waals surface area contributed by atoms with Crippen LogP contribution in [0.1, 0.15) is 16.7 Å². The predicted octanol–water partition coefficient (Wildman–Crippen LogP) is 3.27. The molecule has 0 saturated carbocycles. The third-order valence-corrected chi connectivity index (χ3v) is 3.15. The first-order chi connectivity index (χ1) is 10.2. The van der Waals surface area contributed by atoms with Gasteiger partial charge in [-0.15, -0.1) is 0 Å². The monoisotopic (exact) mass is 289 g/mol. The first-order valence-electron chi connectivity index (χ1n) is 6.85. The maximum atomic E-state index is 13.7. The lowest BCUT2D eigenvalue weighted by Gasteiger charge is -2.09. The number of hydrogen-bond acceptors (Lipinski definition) is 3. The second-order valence-corrected chi connectivity index (χ2v) is 4.80. The van der Waals surface area contributed by atoms with Gasteiger partial charge in [-0.25, -0.2) is 4.39 Å². The molecule has 2 aromatic rings. The van der Waals surface area contributed by atoms with Gasteiger partial charge in [-0.2, -0.15) is 0 Å². The van der Waals surface area contributed by atoms with E-state index in [0.717, 1.165) is 16.9 Å². The van der Waals surface area contributed by atoms with Crippen LogP contribution in [0.25, 0.3) is 0 Å². The van der Waals surface area contributed by atoms with Crippen molar-refractivity contribution in [2.45, 2.75) is 19.8 Å². The molecule has 2 rings (SSSR count). The number of methoxy groups -OCH3 is 1. The molecule has 0 aliphatic carbocycles. The molecule has 0 unspecified atom stereocenters. The van der Waals surface area contributed by atoms with Crippen LogP contribution in [0.15, 0.2) is 42.5 Å². The molecule has 0 saturated heterocycles. The maximum Gasteiger partial charge on any atom is 0.128 e. The van der Waals surface area contributed by atoms with Gasteiger partial charge in [0.25, 0.3) is 0 Å². The van der Waals surface area contributed by atoms with Crippen LogP contribution in [0.4, 0.5) is 4.39 Å². The second-order valence-electron chi connectivity index (χ2n) is 4.80. The van der Waals surface area contributed by atoms with Gasteiger partial charge >= 0.3 is 0 Å². The van der Waals surface area contributed by atoms with E-state index in [2.05, 4.69) is 5.32 Å². The minimum Gasteiger partial charge on any atom is -0.497 e. The summed E-state index contributed by atoms with van der Waals surface area (Å²) in [5.41, 5.74) is 2.62. The smallest absolute Gasteiger partial charge is 0.128 e. The minimum absolute atomic E-state index is 0.236. The van der Waals surface area contributed by atoms with E-state index >= 15 is 0 Å². The summed E-state index contributed by atoms with van der Waals surface area (Å²) >= 11 is 0. The molecule has 2 aromatic carbocycles. The molecular weight excluding hydrogens is 269 g/mol. The fraction of sp³-hybridized carbons (Fsp3) is 0.294. The topological polar surface area (TPSA) is 30.5 Å². The Morgan fingerprint density at radius 2 is 1.90 bits per heavy atom. The van der Waals surface area contributed by atoms with Crippen molar-refractivity contribution in [2.75, 3.05) is 14.2 Å². The zero-order valence-corrected chi connectivity index (χ0v) is 12.4. The van der Waals surface area contributed by atoms with E-state index in [-0.39, 0.29) is 12.4 Å². The Morgan fingerprint density at radius 3 is 2.67 bits per heavy atom. The van der Waals surface area contributed by atoms with Gasteiger partial charge in [0.1, 0.15) is 11.6 Å². The molecule has 0 bridgehead atoms. The van der Waals surface area contributed by atoms with Gasteiger partial charge in [-0.1, -0.05) is 18.2 Å². The molecule has 0 heterocycles. The molecule has 0 atom stereocenters. The summed E-state index contributed by atoms with van der Waals surface area (Å²) in [5.74, 6) is 0.554. The Balaban J connectivity index is 1.94. The van der Waals surface area contributed by atoms with E-state index in [4.69, 9.17) is 9.47 Å². The lowest BCUT2D eigenvalue weighted by molar-refractivity contribution is 0.104. The molecule has 21 heavy (non-hydrogen) atoms. The van der Waals surface area contributed by atoms with Crippen LogP contribution in [0.2, 0.25) is 0 Å². The normalized spacial score (nSPS) is 10.6. The molecule has 0 aromatic heterocycles. The number of rotatable bonds is 7. The van der Waals surface area contributed by atoms with Crippen LogP contribution in [0, 0.1) is 5.82 Å². The van der Waals surface area contributed by atoms with Crippen molar-refractivity contribution in [3.05, 3.63) is 65.0 Å². The Morgan fingerprint density at radius 1 is 1.05 bits per heavy atom. The third-order valence-electron chi connectivity index (χ3n) is 3.15. The molecule has 112 valence electrons. The Hall–Kier alpha value is -1.91. The minimum atomic E-state index is -0.236. The molecule has 0 radical (unpaired) electrons. The zero-order chi connectivity index (χ0) is 15.1. The van der Waals surface area contributed by atoms with Crippen LogP contribution in [0.3, 0.4) is 0 Å². The third kappa shape index (κ3) is 4.55. The van der Waals surface area contributed by atoms with Crippen LogP contribution in [-0.2, 0) is 24.5 Å². The van der Waals surface area contributed by atoms with Crippen molar-refractivity contribution in [3.8, 4) is 5.75 Å². The second kappa shape index (κ2) is 7.76. The fourth-order valence-corrected chi connectivity index (χ4v) is 2.09. The average molecular weight is 289 g/mol. The summed E-state index contributed by atoms with van der Waals surface area (Å²) in [7, 11) is 3.49. The average Bonchev–Trinajstić information content (AvgIpc) is 2.51. The van der Waals surface area contributed by atoms with Crippen LogP contribution in [-0.4, -0.2) is 14.2 Å². The van der Waals surface area contributed by atoms with Crippen LogP contribution in [0.5, 0.6) is 5.75 Å². The highest BCUT2D eigenvalue weighted by Crippen LogP contribution is 2.16. The summed E-state index contributed by atoms with van der Waals surface area (Å²) < 4.78 is 24.5. The zero-order valence-electron chi connectivity index (χ0n) is 12.4. The molecular formula is C17H20FNO2. The van der Waals surface area contributed by atoms with Gasteiger partial charge in [-0.05, 0) is 42.4 Å². The van der Waals surface area contributed by atoms with Crippen molar-refractivity contribution < 1.29 is 13.9 Å². The Bertz CT molecular complexity index is 587. The SMILES string of the molecule is CNCc1ccc(F)c(COCc2cccc(OC)c2)c1. The van der Waals surface area contributed by atoms with Crippen molar-refractivity contribution in [1.29, 1.82) is 0 Å². The largest absolute Gasteiger partial charge is 0.497 e. The summed E-state index contributed by atoms with van der Waals surface area (Å²) in [6.07, 6.45) is 0. The Kier molecular flexibility index (Phi) is 5.72. The first kappa shape index (κ1) is 15.5. The molecule has 3 nitrogen and oxygen atoms in total. The molecule has 0 amide bonds. The number of hydrogen-bond donors (Lipinski definition) is 1. The molecule has 0 aliphatic rings. The van der Waals surface area contributed by atoms with Crippen molar-refractivity contribution >= 4 is 0 Å². The van der Waals surface area contributed by atoms with Crippen molar-refractivity contribution in [2.24, 2.45) is 0 Å². The van der Waals surface area contributed by atoms with E-state index in [1.165, 1.54) is 6.07 Å². The molecule has 4 heteroatoms. The number of benzene rings is 2. The molecule has 0 fully saturated rings. The molecule has 1 N–H and O–H groups in total.